The van der Waals surface area contributed by atoms with Crippen molar-refractivity contribution < 1.29 is 18.0 Å². The number of hydrogen-bond donors (Lipinski definition) is 1. The summed E-state index contributed by atoms with van der Waals surface area (Å²) in [6.07, 6.45) is -3.84. The standard InChI is InChI=1S/C13H7Cl2F3N2O/c14-9-3-7(4-10(15)5-9)12(21)20-11-2-1-8(6-19-11)13(16,17)18/h1-6H,(H,19,20,21). The van der Waals surface area contributed by atoms with Crippen molar-refractivity contribution in [1.29, 1.82) is 0 Å². The Morgan fingerprint density at radius 2 is 1.71 bits per heavy atom. The van der Waals surface area contributed by atoms with Gasteiger partial charge in [0, 0.05) is 21.8 Å². The highest BCUT2D eigenvalue weighted by Gasteiger charge is 2.30. The third-order valence-electron chi connectivity index (χ3n) is 2.46. The molecule has 21 heavy (non-hydrogen) atoms. The first kappa shape index (κ1) is 15.6. The second kappa shape index (κ2) is 5.91. The number of amides is 1. The molecule has 0 radical (unpaired) electrons. The number of anilines is 1. The normalized spacial score (nSPS) is 11.3. The molecule has 0 unspecified atom stereocenters. The third-order valence-corrected chi connectivity index (χ3v) is 2.89. The van der Waals surface area contributed by atoms with Crippen LogP contribution in [0.3, 0.4) is 0 Å². The van der Waals surface area contributed by atoms with Crippen molar-refractivity contribution in [2.75, 3.05) is 5.32 Å². The van der Waals surface area contributed by atoms with E-state index in [0.717, 1.165) is 12.1 Å². The topological polar surface area (TPSA) is 42.0 Å². The van der Waals surface area contributed by atoms with Crippen molar-refractivity contribution in [2.24, 2.45) is 0 Å². The van der Waals surface area contributed by atoms with Crippen molar-refractivity contribution in [1.82, 2.24) is 4.98 Å². The molecule has 0 aliphatic carbocycles. The number of rotatable bonds is 2. The summed E-state index contributed by atoms with van der Waals surface area (Å²) < 4.78 is 37.1. The van der Waals surface area contributed by atoms with E-state index in [0.29, 0.717) is 6.20 Å². The molecule has 8 heteroatoms. The van der Waals surface area contributed by atoms with Crippen LogP contribution in [0.1, 0.15) is 15.9 Å². The zero-order chi connectivity index (χ0) is 15.6. The van der Waals surface area contributed by atoms with Gasteiger partial charge in [0.05, 0.1) is 5.56 Å². The van der Waals surface area contributed by atoms with Crippen molar-refractivity contribution in [3.05, 3.63) is 57.7 Å². The molecule has 3 nitrogen and oxygen atoms in total. The van der Waals surface area contributed by atoms with E-state index in [9.17, 15) is 18.0 Å². The molecule has 0 aliphatic rings. The van der Waals surface area contributed by atoms with Crippen LogP contribution in [-0.2, 0) is 6.18 Å². The summed E-state index contributed by atoms with van der Waals surface area (Å²) in [4.78, 5) is 15.4. The summed E-state index contributed by atoms with van der Waals surface area (Å²) in [6, 6.07) is 6.11. The molecule has 0 aliphatic heterocycles. The van der Waals surface area contributed by atoms with Gasteiger partial charge in [0.1, 0.15) is 5.82 Å². The van der Waals surface area contributed by atoms with E-state index in [1.165, 1.54) is 18.2 Å². The molecular weight excluding hydrogens is 328 g/mol. The summed E-state index contributed by atoms with van der Waals surface area (Å²) >= 11 is 11.5. The Labute approximate surface area is 127 Å². The fraction of sp³-hybridized carbons (Fsp3) is 0.0769. The Balaban J connectivity index is 2.16. The molecule has 0 atom stereocenters. The number of alkyl halides is 3. The van der Waals surface area contributed by atoms with Crippen LogP contribution in [0.2, 0.25) is 10.0 Å². The van der Waals surface area contributed by atoms with E-state index in [4.69, 9.17) is 23.2 Å². The molecule has 0 saturated heterocycles. The number of pyridine rings is 1. The summed E-state index contributed by atoms with van der Waals surface area (Å²) in [5, 5.41) is 2.90. The lowest BCUT2D eigenvalue weighted by atomic mass is 10.2. The molecule has 1 heterocycles. The molecule has 1 aromatic carbocycles. The van der Waals surface area contributed by atoms with E-state index in [-0.39, 0.29) is 21.4 Å². The first-order valence-electron chi connectivity index (χ1n) is 5.56. The van der Waals surface area contributed by atoms with E-state index < -0.39 is 17.6 Å². The van der Waals surface area contributed by atoms with Crippen molar-refractivity contribution in [3.8, 4) is 0 Å². The van der Waals surface area contributed by atoms with Gasteiger partial charge in [0.2, 0.25) is 0 Å². The maximum atomic E-state index is 12.4. The molecule has 110 valence electrons. The van der Waals surface area contributed by atoms with Gasteiger partial charge < -0.3 is 5.32 Å². The van der Waals surface area contributed by atoms with E-state index in [2.05, 4.69) is 10.3 Å². The van der Waals surface area contributed by atoms with Gasteiger partial charge in [-0.05, 0) is 30.3 Å². The lowest BCUT2D eigenvalue weighted by molar-refractivity contribution is -0.137. The number of halogens is 5. The minimum absolute atomic E-state index is 0.0101. The lowest BCUT2D eigenvalue weighted by Crippen LogP contribution is -2.13. The van der Waals surface area contributed by atoms with Gasteiger partial charge in [0.15, 0.2) is 0 Å². The van der Waals surface area contributed by atoms with Gasteiger partial charge in [0.25, 0.3) is 5.91 Å². The van der Waals surface area contributed by atoms with Gasteiger partial charge in [-0.3, -0.25) is 4.79 Å². The molecule has 0 fully saturated rings. The highest BCUT2D eigenvalue weighted by molar-refractivity contribution is 6.35. The Morgan fingerprint density at radius 3 is 2.19 bits per heavy atom. The van der Waals surface area contributed by atoms with E-state index in [1.807, 2.05) is 0 Å². The van der Waals surface area contributed by atoms with Crippen LogP contribution in [0.25, 0.3) is 0 Å². The average molecular weight is 335 g/mol. The van der Waals surface area contributed by atoms with Crippen LogP contribution >= 0.6 is 23.2 Å². The first-order valence-corrected chi connectivity index (χ1v) is 6.32. The van der Waals surface area contributed by atoms with E-state index in [1.54, 1.807) is 0 Å². The van der Waals surface area contributed by atoms with Gasteiger partial charge in [-0.1, -0.05) is 23.2 Å². The van der Waals surface area contributed by atoms with Gasteiger partial charge in [-0.15, -0.1) is 0 Å². The van der Waals surface area contributed by atoms with Crippen LogP contribution in [-0.4, -0.2) is 10.9 Å². The zero-order valence-corrected chi connectivity index (χ0v) is 11.7. The minimum atomic E-state index is -4.48. The van der Waals surface area contributed by atoms with Crippen LogP contribution in [0.4, 0.5) is 19.0 Å². The number of hydrogen-bond acceptors (Lipinski definition) is 2. The molecule has 0 bridgehead atoms. The second-order valence-corrected chi connectivity index (χ2v) is 4.91. The maximum absolute atomic E-state index is 12.4. The van der Waals surface area contributed by atoms with Crippen LogP contribution in [0, 0.1) is 0 Å². The fourth-order valence-electron chi connectivity index (χ4n) is 1.51. The molecular formula is C13H7Cl2F3N2O. The zero-order valence-electron chi connectivity index (χ0n) is 10.2. The Bertz CT molecular complexity index is 652. The second-order valence-electron chi connectivity index (χ2n) is 4.04. The summed E-state index contributed by atoms with van der Waals surface area (Å²) in [5.74, 6) is -0.587. The Hall–Kier alpha value is -1.79. The van der Waals surface area contributed by atoms with Gasteiger partial charge >= 0.3 is 6.18 Å². The molecule has 1 aromatic heterocycles. The molecule has 0 saturated carbocycles. The SMILES string of the molecule is O=C(Nc1ccc(C(F)(F)F)cn1)c1cc(Cl)cc(Cl)c1. The molecule has 0 spiro atoms. The van der Waals surface area contributed by atoms with Crippen LogP contribution in [0.15, 0.2) is 36.5 Å². The predicted octanol–water partition coefficient (Wildman–Crippen LogP) is 4.66. The van der Waals surface area contributed by atoms with E-state index >= 15 is 0 Å². The summed E-state index contributed by atoms with van der Waals surface area (Å²) in [6.45, 7) is 0. The lowest BCUT2D eigenvalue weighted by Gasteiger charge is -2.08. The average Bonchev–Trinajstić information content (AvgIpc) is 2.37. The van der Waals surface area contributed by atoms with Crippen molar-refractivity contribution in [2.45, 2.75) is 6.18 Å². The molecule has 1 N–H and O–H groups in total. The predicted molar refractivity (Wildman–Crippen MR) is 73.7 cm³/mol. The highest BCUT2D eigenvalue weighted by Crippen LogP contribution is 2.29. The minimum Gasteiger partial charge on any atom is -0.307 e. The van der Waals surface area contributed by atoms with Crippen LogP contribution < -0.4 is 5.32 Å². The quantitative estimate of drug-likeness (QED) is 0.867. The molecule has 2 rings (SSSR count). The molecule has 1 amide bonds. The Kier molecular flexibility index (Phi) is 4.39. The third kappa shape index (κ3) is 4.09. The summed E-state index contributed by atoms with van der Waals surface area (Å²) in [7, 11) is 0. The van der Waals surface area contributed by atoms with Crippen LogP contribution in [0.5, 0.6) is 0 Å². The maximum Gasteiger partial charge on any atom is 0.417 e. The largest absolute Gasteiger partial charge is 0.417 e. The van der Waals surface area contributed by atoms with Gasteiger partial charge in [-0.25, -0.2) is 4.98 Å². The number of nitrogens with one attached hydrogen (secondary N) is 1. The smallest absolute Gasteiger partial charge is 0.307 e. The highest BCUT2D eigenvalue weighted by atomic mass is 35.5. The fourth-order valence-corrected chi connectivity index (χ4v) is 2.03. The number of benzene rings is 1. The number of carbonyl (C=O) groups is 1. The number of nitrogens with zero attached hydrogens (tertiary/aromatic N) is 1. The Morgan fingerprint density at radius 1 is 1.10 bits per heavy atom. The monoisotopic (exact) mass is 334 g/mol. The van der Waals surface area contributed by atoms with Crippen molar-refractivity contribution >= 4 is 34.9 Å². The summed E-state index contributed by atoms with van der Waals surface area (Å²) in [5.41, 5.74) is -0.722. The first-order chi connectivity index (χ1) is 9.75. The number of aromatic nitrogens is 1. The number of carbonyl (C=O) groups excluding carboxylic acids is 1. The van der Waals surface area contributed by atoms with Crippen molar-refractivity contribution in [3.63, 3.8) is 0 Å². The molecule has 2 aromatic rings. The van der Waals surface area contributed by atoms with Gasteiger partial charge in [-0.2, -0.15) is 13.2 Å².